The molecule has 0 unspecified atom stereocenters. The zero-order valence-electron chi connectivity index (χ0n) is 13.9. The summed E-state index contributed by atoms with van der Waals surface area (Å²) < 4.78 is 0. The first-order valence-corrected chi connectivity index (χ1v) is 7.38. The van der Waals surface area contributed by atoms with Crippen LogP contribution in [0.3, 0.4) is 0 Å². The number of carboxylic acids is 1. The van der Waals surface area contributed by atoms with Gasteiger partial charge in [-0.25, -0.2) is 4.79 Å². The normalized spacial score (nSPS) is 11.4. The van der Waals surface area contributed by atoms with Crippen LogP contribution in [0.4, 0.5) is 10.5 Å². The molecular weight excluding hydrogens is 294 g/mol. The molecule has 2 amide bonds. The minimum atomic E-state index is -0.893. The van der Waals surface area contributed by atoms with E-state index in [2.05, 4.69) is 16.7 Å². The second-order valence-electron chi connectivity index (χ2n) is 6.67. The molecule has 0 saturated carbocycles. The van der Waals surface area contributed by atoms with Crippen LogP contribution in [0.15, 0.2) is 24.3 Å². The van der Waals surface area contributed by atoms with Crippen LogP contribution in [0, 0.1) is 11.3 Å². The Labute approximate surface area is 136 Å². The summed E-state index contributed by atoms with van der Waals surface area (Å²) in [4.78, 5) is 22.6. The Morgan fingerprint density at radius 3 is 2.22 bits per heavy atom. The van der Waals surface area contributed by atoms with Crippen molar-refractivity contribution in [2.45, 2.75) is 51.5 Å². The van der Waals surface area contributed by atoms with Crippen LogP contribution in [-0.2, 0) is 10.2 Å². The molecule has 0 atom stereocenters. The number of carbonyl (C=O) groups is 2. The first-order valence-electron chi connectivity index (χ1n) is 7.38. The summed E-state index contributed by atoms with van der Waals surface area (Å²) in [6, 6.07) is 8.90. The van der Waals surface area contributed by atoms with Crippen LogP contribution in [0.1, 0.15) is 46.1 Å². The number of anilines is 1. The molecule has 0 aromatic heterocycles. The van der Waals surface area contributed by atoms with Gasteiger partial charge in [0.1, 0.15) is 0 Å². The zero-order chi connectivity index (χ0) is 17.7. The average molecular weight is 317 g/mol. The lowest BCUT2D eigenvalue weighted by atomic mass is 9.86. The van der Waals surface area contributed by atoms with Gasteiger partial charge >= 0.3 is 12.0 Å². The lowest BCUT2D eigenvalue weighted by Crippen LogP contribution is -2.45. The third-order valence-corrected chi connectivity index (χ3v) is 3.56. The zero-order valence-corrected chi connectivity index (χ0v) is 13.9. The number of carboxylic acid groups (broad SMARTS) is 1. The van der Waals surface area contributed by atoms with Crippen LogP contribution in [0.5, 0.6) is 0 Å². The van der Waals surface area contributed by atoms with E-state index in [0.717, 1.165) is 5.56 Å². The summed E-state index contributed by atoms with van der Waals surface area (Å²) in [5.41, 5.74) is 0.270. The number of hydrogen-bond acceptors (Lipinski definition) is 3. The lowest BCUT2D eigenvalue weighted by molar-refractivity contribution is -0.137. The molecule has 3 N–H and O–H groups in total. The first kappa shape index (κ1) is 18.5. The van der Waals surface area contributed by atoms with Gasteiger partial charge in [-0.15, -0.1) is 0 Å². The standard InChI is InChI=1S/C17H23N3O3/c1-16(2,11-18)12-5-7-13(8-6-12)19-15(23)20-17(3,4)10-9-14(21)22/h5-8H,9-10H2,1-4H3,(H,21,22)(H2,19,20,23). The van der Waals surface area contributed by atoms with E-state index in [0.29, 0.717) is 12.1 Å². The maximum absolute atomic E-state index is 12.0. The second-order valence-corrected chi connectivity index (χ2v) is 6.67. The van der Waals surface area contributed by atoms with Crippen LogP contribution >= 0.6 is 0 Å². The number of nitrogens with one attached hydrogen (secondary N) is 2. The van der Waals surface area contributed by atoms with Gasteiger partial charge in [0.2, 0.25) is 0 Å². The van der Waals surface area contributed by atoms with Crippen molar-refractivity contribution in [1.29, 1.82) is 5.26 Å². The summed E-state index contributed by atoms with van der Waals surface area (Å²) >= 11 is 0. The summed E-state index contributed by atoms with van der Waals surface area (Å²) in [5.74, 6) is -0.893. The predicted molar refractivity (Wildman–Crippen MR) is 88.2 cm³/mol. The average Bonchev–Trinajstić information content (AvgIpc) is 2.45. The molecule has 0 radical (unpaired) electrons. The van der Waals surface area contributed by atoms with Crippen molar-refractivity contribution in [3.8, 4) is 6.07 Å². The van der Waals surface area contributed by atoms with Crippen LogP contribution in [0.2, 0.25) is 0 Å². The molecule has 6 heteroatoms. The van der Waals surface area contributed by atoms with Crippen molar-refractivity contribution in [3.63, 3.8) is 0 Å². The fraction of sp³-hybridized carbons (Fsp3) is 0.471. The number of amides is 2. The number of urea groups is 1. The SMILES string of the molecule is CC(C)(CCC(=O)O)NC(=O)Nc1ccc(C(C)(C)C#N)cc1. The summed E-state index contributed by atoms with van der Waals surface area (Å²) in [5, 5.41) is 23.3. The molecule has 124 valence electrons. The minimum Gasteiger partial charge on any atom is -0.481 e. The van der Waals surface area contributed by atoms with Crippen molar-refractivity contribution < 1.29 is 14.7 Å². The topological polar surface area (TPSA) is 102 Å². The second kappa shape index (κ2) is 7.14. The maximum atomic E-state index is 12.0. The molecule has 1 aromatic carbocycles. The van der Waals surface area contributed by atoms with Gasteiger partial charge in [-0.3, -0.25) is 4.79 Å². The van der Waals surface area contributed by atoms with Crippen molar-refractivity contribution in [2.24, 2.45) is 0 Å². The first-order chi connectivity index (χ1) is 10.6. The molecule has 0 aliphatic rings. The van der Waals surface area contributed by atoms with Gasteiger partial charge in [-0.2, -0.15) is 5.26 Å². The van der Waals surface area contributed by atoms with Gasteiger partial charge in [0.05, 0.1) is 11.5 Å². The molecule has 6 nitrogen and oxygen atoms in total. The number of benzene rings is 1. The van der Waals surface area contributed by atoms with E-state index in [4.69, 9.17) is 10.4 Å². The van der Waals surface area contributed by atoms with E-state index in [9.17, 15) is 9.59 Å². The van der Waals surface area contributed by atoms with E-state index in [1.165, 1.54) is 0 Å². The van der Waals surface area contributed by atoms with Crippen molar-refractivity contribution in [2.75, 3.05) is 5.32 Å². The summed E-state index contributed by atoms with van der Waals surface area (Å²) in [6.07, 6.45) is 0.330. The van der Waals surface area contributed by atoms with Crippen molar-refractivity contribution >= 4 is 17.7 Å². The van der Waals surface area contributed by atoms with E-state index in [-0.39, 0.29) is 6.42 Å². The van der Waals surface area contributed by atoms with Crippen molar-refractivity contribution in [1.82, 2.24) is 5.32 Å². The Morgan fingerprint density at radius 1 is 1.17 bits per heavy atom. The largest absolute Gasteiger partial charge is 0.481 e. The number of nitriles is 1. The monoisotopic (exact) mass is 317 g/mol. The highest BCUT2D eigenvalue weighted by Gasteiger charge is 2.22. The Balaban J connectivity index is 2.64. The van der Waals surface area contributed by atoms with E-state index >= 15 is 0 Å². The Bertz CT molecular complexity index is 613. The Morgan fingerprint density at radius 2 is 1.74 bits per heavy atom. The van der Waals surface area contributed by atoms with Gasteiger partial charge < -0.3 is 15.7 Å². The highest BCUT2D eigenvalue weighted by atomic mass is 16.4. The van der Waals surface area contributed by atoms with Crippen molar-refractivity contribution in [3.05, 3.63) is 29.8 Å². The Hall–Kier alpha value is -2.55. The molecule has 0 bridgehead atoms. The molecule has 1 aromatic rings. The lowest BCUT2D eigenvalue weighted by Gasteiger charge is -2.25. The summed E-state index contributed by atoms with van der Waals surface area (Å²) in [6.45, 7) is 7.20. The quantitative estimate of drug-likeness (QED) is 0.749. The van der Waals surface area contributed by atoms with Crippen LogP contribution in [0.25, 0.3) is 0 Å². The van der Waals surface area contributed by atoms with Crippen LogP contribution in [-0.4, -0.2) is 22.6 Å². The highest BCUT2D eigenvalue weighted by molar-refractivity contribution is 5.89. The fourth-order valence-corrected chi connectivity index (χ4v) is 1.99. The van der Waals surface area contributed by atoms with Gasteiger partial charge in [-0.1, -0.05) is 12.1 Å². The van der Waals surface area contributed by atoms with E-state index < -0.39 is 23.0 Å². The van der Waals surface area contributed by atoms with Gasteiger partial charge in [0, 0.05) is 17.6 Å². The highest BCUT2D eigenvalue weighted by Crippen LogP contribution is 2.23. The van der Waals surface area contributed by atoms with Gasteiger partial charge in [0.15, 0.2) is 0 Å². The molecular formula is C17H23N3O3. The number of carbonyl (C=O) groups excluding carboxylic acids is 1. The molecule has 1 rings (SSSR count). The van der Waals surface area contributed by atoms with E-state index in [1.807, 2.05) is 13.8 Å². The molecule has 0 saturated heterocycles. The fourth-order valence-electron chi connectivity index (χ4n) is 1.99. The van der Waals surface area contributed by atoms with Gasteiger partial charge in [-0.05, 0) is 51.8 Å². The molecule has 0 heterocycles. The molecule has 0 aliphatic heterocycles. The molecule has 0 fully saturated rings. The summed E-state index contributed by atoms with van der Waals surface area (Å²) in [7, 11) is 0. The van der Waals surface area contributed by atoms with E-state index in [1.54, 1.807) is 38.1 Å². The molecule has 23 heavy (non-hydrogen) atoms. The number of hydrogen-bond donors (Lipinski definition) is 3. The Kier molecular flexibility index (Phi) is 5.74. The predicted octanol–water partition coefficient (Wildman–Crippen LogP) is 3.25. The third kappa shape index (κ3) is 5.99. The number of rotatable bonds is 6. The number of aliphatic carboxylic acids is 1. The van der Waals surface area contributed by atoms with Gasteiger partial charge in [0.25, 0.3) is 0 Å². The smallest absolute Gasteiger partial charge is 0.319 e. The maximum Gasteiger partial charge on any atom is 0.319 e. The molecule has 0 aliphatic carbocycles. The third-order valence-electron chi connectivity index (χ3n) is 3.56. The molecule has 0 spiro atoms. The minimum absolute atomic E-state index is 0.00871. The van der Waals surface area contributed by atoms with Crippen LogP contribution < -0.4 is 10.6 Å². The number of nitrogens with zero attached hydrogens (tertiary/aromatic N) is 1.